The average molecular weight is 323 g/mol. The quantitative estimate of drug-likeness (QED) is 0.512. The summed E-state index contributed by atoms with van der Waals surface area (Å²) < 4.78 is 2.19. The van der Waals surface area contributed by atoms with E-state index in [0.29, 0.717) is 11.4 Å². The maximum Gasteiger partial charge on any atom is 0.332 e. The molecule has 2 aromatic heterocycles. The van der Waals surface area contributed by atoms with E-state index in [1.807, 2.05) is 6.07 Å². The Morgan fingerprint density at radius 3 is 2.67 bits per heavy atom. The van der Waals surface area contributed by atoms with Gasteiger partial charge in [0.1, 0.15) is 11.6 Å². The van der Waals surface area contributed by atoms with Gasteiger partial charge in [0.05, 0.1) is 11.4 Å². The van der Waals surface area contributed by atoms with Crippen LogP contribution in [-0.2, 0) is 14.1 Å². The fraction of sp³-hybridized carbons (Fsp3) is 0.133. The number of aromatic amines is 1. The molecule has 0 fully saturated rings. The number of aryl methyl sites for hydroxylation is 1. The molecular weight excluding hydrogens is 310 g/mol. The zero-order chi connectivity index (χ0) is 17.4. The topological polar surface area (TPSA) is 135 Å². The molecule has 24 heavy (non-hydrogen) atoms. The Balaban J connectivity index is 2.26. The van der Waals surface area contributed by atoms with Crippen LogP contribution in [0.25, 0.3) is 11.2 Å². The minimum Gasteiger partial charge on any atom is -0.397 e. The van der Waals surface area contributed by atoms with Crippen LogP contribution in [0.5, 0.6) is 0 Å². The first-order chi connectivity index (χ1) is 11.4. The SMILES string of the molecule is Cn1c(=O)c2[nH]c(C(C#N)=Nc3ccccc3N)nc2n(C)c1=O. The zero-order valence-corrected chi connectivity index (χ0v) is 12.9. The number of fused-ring (bicyclic) bond motifs is 1. The van der Waals surface area contributed by atoms with E-state index >= 15 is 0 Å². The summed E-state index contributed by atoms with van der Waals surface area (Å²) in [6, 6.07) is 8.73. The number of nitrogens with one attached hydrogen (secondary N) is 1. The van der Waals surface area contributed by atoms with Gasteiger partial charge in [0.2, 0.25) is 0 Å². The number of hydrogen-bond acceptors (Lipinski definition) is 6. The van der Waals surface area contributed by atoms with Gasteiger partial charge in [0.15, 0.2) is 17.2 Å². The Morgan fingerprint density at radius 1 is 1.29 bits per heavy atom. The van der Waals surface area contributed by atoms with E-state index < -0.39 is 11.2 Å². The van der Waals surface area contributed by atoms with Crippen molar-refractivity contribution in [1.82, 2.24) is 19.1 Å². The highest BCUT2D eigenvalue weighted by Crippen LogP contribution is 2.21. The number of H-pyrrole nitrogens is 1. The molecule has 1 aromatic carbocycles. The number of nitriles is 1. The predicted octanol–water partition coefficient (Wildman–Crippen LogP) is 0.187. The maximum atomic E-state index is 12.2. The summed E-state index contributed by atoms with van der Waals surface area (Å²) in [5.74, 6) is 0.0917. The van der Waals surface area contributed by atoms with Gasteiger partial charge in [-0.05, 0) is 12.1 Å². The fourth-order valence-electron chi connectivity index (χ4n) is 2.28. The Labute approximate surface area is 135 Å². The summed E-state index contributed by atoms with van der Waals surface area (Å²) in [6.45, 7) is 0. The number of aromatic nitrogens is 4. The van der Waals surface area contributed by atoms with Crippen molar-refractivity contribution < 1.29 is 0 Å². The molecule has 0 aliphatic carbocycles. The number of rotatable bonds is 2. The van der Waals surface area contributed by atoms with Crippen LogP contribution in [0.3, 0.4) is 0 Å². The van der Waals surface area contributed by atoms with Crippen molar-refractivity contribution in [3.63, 3.8) is 0 Å². The number of imidazole rings is 1. The molecule has 2 heterocycles. The second-order valence-corrected chi connectivity index (χ2v) is 5.12. The minimum atomic E-state index is -0.525. The van der Waals surface area contributed by atoms with Crippen LogP contribution in [0, 0.1) is 11.3 Å². The van der Waals surface area contributed by atoms with Crippen LogP contribution in [-0.4, -0.2) is 24.8 Å². The number of aliphatic imine (C=N–C) groups is 1. The van der Waals surface area contributed by atoms with Gasteiger partial charge in [0.25, 0.3) is 5.56 Å². The summed E-state index contributed by atoms with van der Waals surface area (Å²) in [5.41, 5.74) is 5.84. The molecule has 120 valence electrons. The average Bonchev–Trinajstić information content (AvgIpc) is 3.02. The number of nitrogens with zero attached hydrogens (tertiary/aromatic N) is 5. The van der Waals surface area contributed by atoms with Crippen LogP contribution in [0.2, 0.25) is 0 Å². The highest BCUT2D eigenvalue weighted by Gasteiger charge is 2.16. The van der Waals surface area contributed by atoms with Gasteiger partial charge in [-0.3, -0.25) is 13.9 Å². The van der Waals surface area contributed by atoms with Crippen molar-refractivity contribution in [2.75, 3.05) is 5.73 Å². The van der Waals surface area contributed by atoms with Crippen LogP contribution in [0.1, 0.15) is 5.82 Å². The van der Waals surface area contributed by atoms with Gasteiger partial charge in [-0.2, -0.15) is 5.26 Å². The van der Waals surface area contributed by atoms with Crippen LogP contribution >= 0.6 is 0 Å². The molecule has 0 bridgehead atoms. The van der Waals surface area contributed by atoms with Gasteiger partial charge in [-0.1, -0.05) is 12.1 Å². The first kappa shape index (κ1) is 15.2. The lowest BCUT2D eigenvalue weighted by molar-refractivity contribution is 0.709. The van der Waals surface area contributed by atoms with Crippen LogP contribution in [0.15, 0.2) is 38.8 Å². The lowest BCUT2D eigenvalue weighted by Gasteiger charge is -2.00. The summed E-state index contributed by atoms with van der Waals surface area (Å²) in [6.07, 6.45) is 0. The number of nitrogens with two attached hydrogens (primary N) is 1. The first-order valence-electron chi connectivity index (χ1n) is 6.93. The monoisotopic (exact) mass is 323 g/mol. The van der Waals surface area contributed by atoms with E-state index in [1.54, 1.807) is 24.3 Å². The van der Waals surface area contributed by atoms with Crippen molar-refractivity contribution in [3.8, 4) is 6.07 Å². The van der Waals surface area contributed by atoms with E-state index in [1.165, 1.54) is 18.7 Å². The molecule has 0 atom stereocenters. The highest BCUT2D eigenvalue weighted by atomic mass is 16.2. The largest absolute Gasteiger partial charge is 0.397 e. The number of hydrogen-bond donors (Lipinski definition) is 2. The normalized spacial score (nSPS) is 11.6. The van der Waals surface area contributed by atoms with Gasteiger partial charge in [0, 0.05) is 14.1 Å². The van der Waals surface area contributed by atoms with Crippen molar-refractivity contribution in [3.05, 3.63) is 50.9 Å². The molecule has 3 rings (SSSR count). The maximum absolute atomic E-state index is 12.2. The number of nitrogen functional groups attached to an aromatic ring is 1. The molecule has 0 spiro atoms. The molecule has 0 radical (unpaired) electrons. The molecule has 9 nitrogen and oxygen atoms in total. The van der Waals surface area contributed by atoms with E-state index in [-0.39, 0.29) is 22.7 Å². The van der Waals surface area contributed by atoms with E-state index in [2.05, 4.69) is 15.0 Å². The summed E-state index contributed by atoms with van der Waals surface area (Å²) in [7, 11) is 2.86. The molecule has 0 unspecified atom stereocenters. The summed E-state index contributed by atoms with van der Waals surface area (Å²) in [5, 5.41) is 9.37. The van der Waals surface area contributed by atoms with E-state index in [4.69, 9.17) is 5.73 Å². The third-order valence-electron chi connectivity index (χ3n) is 3.59. The van der Waals surface area contributed by atoms with Gasteiger partial charge < -0.3 is 10.7 Å². The van der Waals surface area contributed by atoms with Crippen LogP contribution in [0.4, 0.5) is 11.4 Å². The Hall–Kier alpha value is -3.67. The first-order valence-corrected chi connectivity index (χ1v) is 6.93. The number of benzene rings is 1. The molecule has 9 heteroatoms. The lowest BCUT2D eigenvalue weighted by atomic mass is 10.2. The van der Waals surface area contributed by atoms with Gasteiger partial charge in [-0.15, -0.1) is 0 Å². The second-order valence-electron chi connectivity index (χ2n) is 5.12. The molecule has 0 amide bonds. The molecule has 3 N–H and O–H groups in total. The number of anilines is 1. The molecule has 0 saturated heterocycles. The molecular formula is C15H13N7O2. The molecule has 0 aliphatic rings. The highest BCUT2D eigenvalue weighted by molar-refractivity contribution is 6.11. The van der Waals surface area contributed by atoms with E-state index in [0.717, 1.165) is 4.57 Å². The smallest absolute Gasteiger partial charge is 0.332 e. The van der Waals surface area contributed by atoms with Crippen molar-refractivity contribution in [1.29, 1.82) is 5.26 Å². The van der Waals surface area contributed by atoms with Gasteiger partial charge in [-0.25, -0.2) is 14.8 Å². The zero-order valence-electron chi connectivity index (χ0n) is 12.9. The summed E-state index contributed by atoms with van der Waals surface area (Å²) >= 11 is 0. The third-order valence-corrected chi connectivity index (χ3v) is 3.59. The Morgan fingerprint density at radius 2 is 2.00 bits per heavy atom. The standard InChI is InChI=1S/C15H13N7O2/c1-21-13-11(14(23)22(2)15(21)24)19-12(20-13)10(7-16)18-9-6-4-3-5-8(9)17/h3-6H,17H2,1-2H3,(H,19,20). The van der Waals surface area contributed by atoms with Crippen molar-refractivity contribution >= 4 is 28.3 Å². The Kier molecular flexibility index (Phi) is 3.50. The fourth-order valence-corrected chi connectivity index (χ4v) is 2.28. The Bertz CT molecular complexity index is 1140. The van der Waals surface area contributed by atoms with Crippen molar-refractivity contribution in [2.45, 2.75) is 0 Å². The van der Waals surface area contributed by atoms with E-state index in [9.17, 15) is 14.9 Å². The molecule has 0 saturated carbocycles. The molecule has 3 aromatic rings. The number of para-hydroxylation sites is 2. The van der Waals surface area contributed by atoms with Crippen molar-refractivity contribution in [2.24, 2.45) is 19.1 Å². The molecule has 0 aliphatic heterocycles. The predicted molar refractivity (Wildman–Crippen MR) is 89.2 cm³/mol. The third kappa shape index (κ3) is 2.26. The second kappa shape index (κ2) is 5.51. The minimum absolute atomic E-state index is 0.0430. The summed E-state index contributed by atoms with van der Waals surface area (Å²) in [4.78, 5) is 35.2. The lowest BCUT2D eigenvalue weighted by Crippen LogP contribution is -2.36. The van der Waals surface area contributed by atoms with Gasteiger partial charge >= 0.3 is 5.69 Å². The van der Waals surface area contributed by atoms with Crippen LogP contribution < -0.4 is 17.0 Å².